The molecule has 1 aliphatic rings. The predicted molar refractivity (Wildman–Crippen MR) is 79.2 cm³/mol. The minimum absolute atomic E-state index is 0.105. The van der Waals surface area contributed by atoms with E-state index in [0.717, 1.165) is 25.8 Å². The Bertz CT molecular complexity index is 422. The van der Waals surface area contributed by atoms with Crippen LogP contribution < -0.4 is 0 Å². The summed E-state index contributed by atoms with van der Waals surface area (Å²) >= 11 is 3.31. The molecule has 0 aliphatic heterocycles. The number of nitrogens with zero attached hydrogens (tertiary/aromatic N) is 1. The maximum absolute atomic E-state index is 12.7. The minimum atomic E-state index is 0.105. The van der Waals surface area contributed by atoms with Crippen molar-refractivity contribution in [2.75, 3.05) is 6.54 Å². The van der Waals surface area contributed by atoms with Gasteiger partial charge in [-0.1, -0.05) is 26.7 Å². The first-order chi connectivity index (χ1) is 9.09. The molecule has 1 saturated carbocycles. The third-order valence-electron chi connectivity index (χ3n) is 3.82. The Labute approximate surface area is 123 Å². The van der Waals surface area contributed by atoms with Crippen LogP contribution in [-0.4, -0.2) is 23.4 Å². The average Bonchev–Trinajstić information content (AvgIpc) is 3.00. The summed E-state index contributed by atoms with van der Waals surface area (Å²) < 4.78 is 5.74. The summed E-state index contributed by atoms with van der Waals surface area (Å²) in [6.45, 7) is 5.24. The van der Waals surface area contributed by atoms with Gasteiger partial charge in [0.05, 0.1) is 11.8 Å². The zero-order valence-corrected chi connectivity index (χ0v) is 13.3. The van der Waals surface area contributed by atoms with Gasteiger partial charge >= 0.3 is 0 Å². The summed E-state index contributed by atoms with van der Waals surface area (Å²) in [4.78, 5) is 14.7. The number of rotatable bonds is 5. The lowest BCUT2D eigenvalue weighted by Crippen LogP contribution is -2.40. The van der Waals surface area contributed by atoms with Gasteiger partial charge in [-0.05, 0) is 47.2 Å². The monoisotopic (exact) mass is 327 g/mol. The van der Waals surface area contributed by atoms with E-state index in [2.05, 4.69) is 34.7 Å². The summed E-state index contributed by atoms with van der Waals surface area (Å²) in [5.74, 6) is 0.720. The number of amides is 1. The highest BCUT2D eigenvalue weighted by Crippen LogP contribution is 2.27. The zero-order chi connectivity index (χ0) is 13.8. The van der Waals surface area contributed by atoms with Crippen LogP contribution in [0.1, 0.15) is 56.3 Å². The molecule has 0 saturated heterocycles. The Balaban J connectivity index is 2.11. The quantitative estimate of drug-likeness (QED) is 0.799. The molecular formula is C15H22BrNO2. The molecule has 4 heteroatoms. The van der Waals surface area contributed by atoms with E-state index in [1.54, 1.807) is 12.3 Å². The van der Waals surface area contributed by atoms with Crippen molar-refractivity contribution in [3.63, 3.8) is 0 Å². The maximum atomic E-state index is 12.7. The Morgan fingerprint density at radius 2 is 2.16 bits per heavy atom. The highest BCUT2D eigenvalue weighted by molar-refractivity contribution is 9.10. The summed E-state index contributed by atoms with van der Waals surface area (Å²) in [6, 6.07) is 2.16. The van der Waals surface area contributed by atoms with E-state index in [0.29, 0.717) is 22.2 Å². The summed E-state index contributed by atoms with van der Waals surface area (Å²) in [5.41, 5.74) is 0.649. The molecule has 19 heavy (non-hydrogen) atoms. The van der Waals surface area contributed by atoms with Crippen LogP contribution in [-0.2, 0) is 0 Å². The molecule has 0 radical (unpaired) electrons. The standard InChI is InChI=1S/C15H22BrNO2/c1-11(2)7-9-17(12-5-3-4-6-12)15(18)13-8-10-19-14(13)16/h8,10-12H,3-7,9H2,1-2H3. The Hall–Kier alpha value is -0.770. The van der Waals surface area contributed by atoms with Crippen molar-refractivity contribution < 1.29 is 9.21 Å². The van der Waals surface area contributed by atoms with Crippen molar-refractivity contribution in [1.82, 2.24) is 4.90 Å². The maximum Gasteiger partial charge on any atom is 0.258 e. The molecule has 2 rings (SSSR count). The first-order valence-corrected chi connectivity index (χ1v) is 7.93. The molecule has 1 aromatic heterocycles. The first kappa shape index (κ1) is 14.6. The van der Waals surface area contributed by atoms with Gasteiger partial charge in [0, 0.05) is 12.6 Å². The molecular weight excluding hydrogens is 306 g/mol. The molecule has 0 N–H and O–H groups in total. The van der Waals surface area contributed by atoms with Gasteiger partial charge in [-0.2, -0.15) is 0 Å². The van der Waals surface area contributed by atoms with E-state index in [1.165, 1.54) is 12.8 Å². The molecule has 106 valence electrons. The van der Waals surface area contributed by atoms with Gasteiger partial charge in [0.1, 0.15) is 0 Å². The van der Waals surface area contributed by atoms with Gasteiger partial charge in [-0.3, -0.25) is 4.79 Å². The molecule has 1 amide bonds. The van der Waals surface area contributed by atoms with Crippen LogP contribution in [0.2, 0.25) is 0 Å². The first-order valence-electron chi connectivity index (χ1n) is 7.13. The molecule has 1 heterocycles. The molecule has 0 unspecified atom stereocenters. The van der Waals surface area contributed by atoms with Crippen molar-refractivity contribution in [3.8, 4) is 0 Å². The van der Waals surface area contributed by atoms with Gasteiger partial charge in [-0.15, -0.1) is 0 Å². The molecule has 0 bridgehead atoms. The second kappa shape index (κ2) is 6.60. The van der Waals surface area contributed by atoms with Crippen LogP contribution in [0.15, 0.2) is 21.4 Å². The van der Waals surface area contributed by atoms with Crippen LogP contribution >= 0.6 is 15.9 Å². The normalized spacial score (nSPS) is 16.2. The smallest absolute Gasteiger partial charge is 0.258 e. The SMILES string of the molecule is CC(C)CCN(C(=O)c1ccoc1Br)C1CCCC1. The van der Waals surface area contributed by atoms with Crippen LogP contribution in [0.3, 0.4) is 0 Å². The van der Waals surface area contributed by atoms with Gasteiger partial charge < -0.3 is 9.32 Å². The van der Waals surface area contributed by atoms with Gasteiger partial charge in [0.2, 0.25) is 0 Å². The Morgan fingerprint density at radius 1 is 1.47 bits per heavy atom. The van der Waals surface area contributed by atoms with E-state index in [9.17, 15) is 4.79 Å². The van der Waals surface area contributed by atoms with Crippen molar-refractivity contribution in [3.05, 3.63) is 22.6 Å². The number of hydrogen-bond donors (Lipinski definition) is 0. The van der Waals surface area contributed by atoms with Crippen LogP contribution in [0.25, 0.3) is 0 Å². The van der Waals surface area contributed by atoms with Crippen molar-refractivity contribution in [2.45, 2.75) is 52.0 Å². The molecule has 1 fully saturated rings. The Kier molecular flexibility index (Phi) is 5.08. The molecule has 1 aromatic rings. The predicted octanol–water partition coefficient (Wildman–Crippen LogP) is 4.47. The number of furan rings is 1. The van der Waals surface area contributed by atoms with E-state index in [-0.39, 0.29) is 5.91 Å². The number of hydrogen-bond acceptors (Lipinski definition) is 2. The molecule has 3 nitrogen and oxygen atoms in total. The third kappa shape index (κ3) is 3.62. The number of halogens is 1. The second-order valence-corrected chi connectivity index (χ2v) is 6.45. The number of carbonyl (C=O) groups is 1. The van der Waals surface area contributed by atoms with Crippen LogP contribution in [0.4, 0.5) is 0 Å². The third-order valence-corrected chi connectivity index (χ3v) is 4.44. The number of carbonyl (C=O) groups excluding carboxylic acids is 1. The van der Waals surface area contributed by atoms with Gasteiger partial charge in [-0.25, -0.2) is 0 Å². The second-order valence-electron chi connectivity index (χ2n) is 5.73. The fourth-order valence-corrected chi connectivity index (χ4v) is 3.07. The van der Waals surface area contributed by atoms with Crippen molar-refractivity contribution >= 4 is 21.8 Å². The van der Waals surface area contributed by atoms with E-state index in [1.807, 2.05) is 0 Å². The highest BCUT2D eigenvalue weighted by atomic mass is 79.9. The minimum Gasteiger partial charge on any atom is -0.457 e. The molecule has 1 aliphatic carbocycles. The zero-order valence-electron chi connectivity index (χ0n) is 11.7. The van der Waals surface area contributed by atoms with Crippen LogP contribution in [0.5, 0.6) is 0 Å². The van der Waals surface area contributed by atoms with Gasteiger partial charge in [0.25, 0.3) is 5.91 Å². The summed E-state index contributed by atoms with van der Waals surface area (Å²) in [7, 11) is 0. The molecule has 0 atom stereocenters. The molecule has 0 spiro atoms. The van der Waals surface area contributed by atoms with Crippen molar-refractivity contribution in [2.24, 2.45) is 5.92 Å². The summed E-state index contributed by atoms with van der Waals surface area (Å²) in [6.07, 6.45) is 7.37. The average molecular weight is 328 g/mol. The highest BCUT2D eigenvalue weighted by Gasteiger charge is 2.29. The fourth-order valence-electron chi connectivity index (χ4n) is 2.66. The van der Waals surface area contributed by atoms with E-state index >= 15 is 0 Å². The lowest BCUT2D eigenvalue weighted by Gasteiger charge is -2.29. The largest absolute Gasteiger partial charge is 0.457 e. The van der Waals surface area contributed by atoms with E-state index < -0.39 is 0 Å². The fraction of sp³-hybridized carbons (Fsp3) is 0.667. The molecule has 0 aromatic carbocycles. The van der Waals surface area contributed by atoms with E-state index in [4.69, 9.17) is 4.42 Å². The topological polar surface area (TPSA) is 33.5 Å². The van der Waals surface area contributed by atoms with Gasteiger partial charge in [0.15, 0.2) is 4.67 Å². The summed E-state index contributed by atoms with van der Waals surface area (Å²) in [5, 5.41) is 0. The van der Waals surface area contributed by atoms with Crippen LogP contribution in [0, 0.1) is 5.92 Å². The Morgan fingerprint density at radius 3 is 2.68 bits per heavy atom. The lowest BCUT2D eigenvalue weighted by atomic mass is 10.1. The lowest BCUT2D eigenvalue weighted by molar-refractivity contribution is 0.0670. The van der Waals surface area contributed by atoms with Crippen molar-refractivity contribution in [1.29, 1.82) is 0 Å².